The number of amides is 1. The monoisotopic (exact) mass is 282 g/mol. The Morgan fingerprint density at radius 2 is 1.90 bits per heavy atom. The van der Waals surface area contributed by atoms with Crippen LogP contribution in [0.5, 0.6) is 0 Å². The van der Waals surface area contributed by atoms with Crippen molar-refractivity contribution in [1.82, 2.24) is 9.47 Å². The van der Waals surface area contributed by atoms with Gasteiger partial charge in [-0.25, -0.2) is 0 Å². The summed E-state index contributed by atoms with van der Waals surface area (Å²) >= 11 is 1.76. The Morgan fingerprint density at radius 3 is 2.75 bits per heavy atom. The second-order valence-corrected chi connectivity index (χ2v) is 6.12. The molecule has 0 radical (unpaired) electrons. The Kier molecular flexibility index (Phi) is 2.70. The normalized spacial score (nSPS) is 21.2. The van der Waals surface area contributed by atoms with Crippen molar-refractivity contribution in [3.8, 4) is 0 Å². The van der Waals surface area contributed by atoms with Gasteiger partial charge in [-0.05, 0) is 17.7 Å². The molecule has 2 aliphatic heterocycles. The third-order valence-corrected chi connectivity index (χ3v) is 5.14. The van der Waals surface area contributed by atoms with Crippen LogP contribution in [0.4, 0.5) is 0 Å². The first-order chi connectivity index (χ1) is 9.83. The molecule has 4 rings (SSSR count). The molecule has 4 heteroatoms. The summed E-state index contributed by atoms with van der Waals surface area (Å²) in [4.78, 5) is 15.4. The van der Waals surface area contributed by atoms with Crippen LogP contribution < -0.4 is 0 Å². The fourth-order valence-electron chi connectivity index (χ4n) is 2.80. The van der Waals surface area contributed by atoms with Gasteiger partial charge in [0.2, 0.25) is 5.91 Å². The van der Waals surface area contributed by atoms with E-state index in [-0.39, 0.29) is 11.3 Å². The van der Waals surface area contributed by atoms with Crippen molar-refractivity contribution in [3.05, 3.63) is 66.0 Å². The standard InChI is InChI=1S/C16H14N2OS/c19-15-11-14(12-5-2-1-3-6-12)20-16-13-7-4-8-17(13)9-10-18(15)16/h1-8,11,16H,9-10H2. The van der Waals surface area contributed by atoms with Crippen LogP contribution in [0, 0.1) is 0 Å². The number of hydrogen-bond donors (Lipinski definition) is 0. The molecule has 3 heterocycles. The first-order valence-electron chi connectivity index (χ1n) is 6.72. The third-order valence-electron chi connectivity index (χ3n) is 3.82. The average molecular weight is 282 g/mol. The second-order valence-electron chi connectivity index (χ2n) is 5.00. The largest absolute Gasteiger partial charge is 0.347 e. The van der Waals surface area contributed by atoms with E-state index in [4.69, 9.17) is 0 Å². The number of rotatable bonds is 1. The maximum Gasteiger partial charge on any atom is 0.248 e. The Hall–Kier alpha value is -1.94. The second kappa shape index (κ2) is 4.56. The fourth-order valence-corrected chi connectivity index (χ4v) is 4.15. The van der Waals surface area contributed by atoms with Crippen molar-refractivity contribution < 1.29 is 4.79 Å². The van der Waals surface area contributed by atoms with E-state index in [1.807, 2.05) is 23.1 Å². The van der Waals surface area contributed by atoms with Crippen LogP contribution in [0.1, 0.15) is 16.6 Å². The van der Waals surface area contributed by atoms with Crippen LogP contribution in [0.3, 0.4) is 0 Å². The Morgan fingerprint density at radius 1 is 1.05 bits per heavy atom. The number of carbonyl (C=O) groups excluding carboxylic acids is 1. The maximum atomic E-state index is 12.4. The van der Waals surface area contributed by atoms with Gasteiger partial charge in [-0.2, -0.15) is 0 Å². The molecular formula is C16H14N2OS. The van der Waals surface area contributed by atoms with Gasteiger partial charge in [0.05, 0.1) is 5.69 Å². The zero-order chi connectivity index (χ0) is 13.5. The van der Waals surface area contributed by atoms with E-state index in [0.29, 0.717) is 0 Å². The highest BCUT2D eigenvalue weighted by Gasteiger charge is 2.34. The average Bonchev–Trinajstić information content (AvgIpc) is 2.97. The minimum Gasteiger partial charge on any atom is -0.347 e. The van der Waals surface area contributed by atoms with Gasteiger partial charge in [0.15, 0.2) is 0 Å². The van der Waals surface area contributed by atoms with E-state index in [2.05, 4.69) is 35.0 Å². The molecule has 0 bridgehead atoms. The minimum absolute atomic E-state index is 0.103. The van der Waals surface area contributed by atoms with Crippen molar-refractivity contribution in [2.75, 3.05) is 6.54 Å². The summed E-state index contributed by atoms with van der Waals surface area (Å²) in [5.41, 5.74) is 2.34. The molecule has 20 heavy (non-hydrogen) atoms. The Balaban J connectivity index is 1.75. The predicted octanol–water partition coefficient (Wildman–Crippen LogP) is 3.12. The number of aromatic nitrogens is 1. The number of carbonyl (C=O) groups is 1. The van der Waals surface area contributed by atoms with Crippen molar-refractivity contribution >= 4 is 22.6 Å². The van der Waals surface area contributed by atoms with Crippen LogP contribution in [-0.4, -0.2) is 21.9 Å². The molecule has 0 fully saturated rings. The molecule has 1 aromatic heterocycles. The predicted molar refractivity (Wildman–Crippen MR) is 80.9 cm³/mol. The number of nitrogens with zero attached hydrogens (tertiary/aromatic N) is 2. The van der Waals surface area contributed by atoms with E-state index >= 15 is 0 Å². The van der Waals surface area contributed by atoms with Crippen molar-refractivity contribution in [1.29, 1.82) is 0 Å². The van der Waals surface area contributed by atoms with Crippen molar-refractivity contribution in [3.63, 3.8) is 0 Å². The van der Waals surface area contributed by atoms with Gasteiger partial charge in [0.25, 0.3) is 0 Å². The summed E-state index contributed by atoms with van der Waals surface area (Å²) in [6.07, 6.45) is 3.87. The molecule has 0 spiro atoms. The van der Waals surface area contributed by atoms with E-state index in [0.717, 1.165) is 23.6 Å². The van der Waals surface area contributed by atoms with E-state index in [1.54, 1.807) is 17.8 Å². The van der Waals surface area contributed by atoms with Crippen LogP contribution in [-0.2, 0) is 11.3 Å². The molecule has 1 aromatic carbocycles. The molecule has 0 saturated heterocycles. The van der Waals surface area contributed by atoms with E-state index in [1.165, 1.54) is 5.69 Å². The Labute approximate surface area is 121 Å². The van der Waals surface area contributed by atoms with Gasteiger partial charge in [0, 0.05) is 30.3 Å². The van der Waals surface area contributed by atoms with Gasteiger partial charge in [-0.15, -0.1) is 0 Å². The Bertz CT molecular complexity index is 690. The summed E-state index contributed by atoms with van der Waals surface area (Å²) in [6, 6.07) is 14.3. The van der Waals surface area contributed by atoms with Gasteiger partial charge in [0.1, 0.15) is 5.37 Å². The molecule has 1 amide bonds. The number of fused-ring (bicyclic) bond motifs is 3. The highest BCUT2D eigenvalue weighted by molar-refractivity contribution is 8.08. The molecule has 100 valence electrons. The highest BCUT2D eigenvalue weighted by Crippen LogP contribution is 2.46. The molecule has 3 nitrogen and oxygen atoms in total. The van der Waals surface area contributed by atoms with Crippen molar-refractivity contribution in [2.45, 2.75) is 11.9 Å². The van der Waals surface area contributed by atoms with Crippen molar-refractivity contribution in [2.24, 2.45) is 0 Å². The number of benzene rings is 1. The van der Waals surface area contributed by atoms with Crippen LogP contribution in [0.15, 0.2) is 54.7 Å². The maximum absolute atomic E-state index is 12.4. The zero-order valence-corrected chi connectivity index (χ0v) is 11.7. The quantitative estimate of drug-likeness (QED) is 0.803. The lowest BCUT2D eigenvalue weighted by molar-refractivity contribution is -0.127. The third kappa shape index (κ3) is 1.79. The van der Waals surface area contributed by atoms with Gasteiger partial charge in [-0.1, -0.05) is 42.1 Å². The molecular weight excluding hydrogens is 268 g/mol. The molecule has 1 unspecified atom stereocenters. The van der Waals surface area contributed by atoms with E-state index < -0.39 is 0 Å². The number of hydrogen-bond acceptors (Lipinski definition) is 2. The zero-order valence-electron chi connectivity index (χ0n) is 10.9. The smallest absolute Gasteiger partial charge is 0.248 e. The molecule has 1 atom stereocenters. The molecule has 0 saturated carbocycles. The van der Waals surface area contributed by atoms with Crippen LogP contribution in [0.25, 0.3) is 4.91 Å². The van der Waals surface area contributed by atoms with Gasteiger partial charge < -0.3 is 9.47 Å². The first kappa shape index (κ1) is 11.9. The van der Waals surface area contributed by atoms with Gasteiger partial charge in [-0.3, -0.25) is 4.79 Å². The highest BCUT2D eigenvalue weighted by atomic mass is 32.2. The summed E-state index contributed by atoms with van der Waals surface area (Å²) < 4.78 is 2.25. The summed E-state index contributed by atoms with van der Waals surface area (Å²) in [6.45, 7) is 1.68. The molecule has 0 aliphatic carbocycles. The summed E-state index contributed by atoms with van der Waals surface area (Å²) in [5, 5.41) is 0.103. The number of thioether (sulfide) groups is 1. The van der Waals surface area contributed by atoms with Crippen LogP contribution in [0.2, 0.25) is 0 Å². The summed E-state index contributed by atoms with van der Waals surface area (Å²) in [7, 11) is 0. The lowest BCUT2D eigenvalue weighted by Gasteiger charge is -2.39. The molecule has 2 aliphatic rings. The minimum atomic E-state index is 0.103. The summed E-state index contributed by atoms with van der Waals surface area (Å²) in [5.74, 6) is 0.125. The van der Waals surface area contributed by atoms with Crippen LogP contribution >= 0.6 is 11.8 Å². The molecule has 0 N–H and O–H groups in total. The SMILES string of the molecule is O=C1C=C(c2ccccc2)SC2c3cccn3CCN12. The molecule has 2 aromatic rings. The topological polar surface area (TPSA) is 25.2 Å². The van der Waals surface area contributed by atoms with Gasteiger partial charge >= 0.3 is 0 Å². The first-order valence-corrected chi connectivity index (χ1v) is 7.60. The van der Waals surface area contributed by atoms with E-state index in [9.17, 15) is 4.79 Å². The lowest BCUT2D eigenvalue weighted by atomic mass is 10.2. The fraction of sp³-hybridized carbons (Fsp3) is 0.188. The lowest BCUT2D eigenvalue weighted by Crippen LogP contribution is -2.41.